The summed E-state index contributed by atoms with van der Waals surface area (Å²) in [7, 11) is 0. The van der Waals surface area contributed by atoms with Gasteiger partial charge in [0.05, 0.1) is 51.4 Å². The zero-order valence-electron chi connectivity index (χ0n) is 31.4. The van der Waals surface area contributed by atoms with Gasteiger partial charge in [-0.15, -0.1) is 0 Å². The normalized spacial score (nSPS) is 11.0. The molecule has 59 heavy (non-hydrogen) atoms. The van der Waals surface area contributed by atoms with Crippen LogP contribution >= 0.6 is 0 Å². The first-order valence-electron chi connectivity index (χ1n) is 19.0. The third-order valence-electron chi connectivity index (χ3n) is 10.3. The van der Waals surface area contributed by atoms with Gasteiger partial charge in [0.15, 0.2) is 23.3 Å². The SMILES string of the molecule is N#Cc1ccc2c(c1)c1cc(C#N)ccc1n2-c1ccc(-c2cc(-c3ccccc3)nc(-c3ccccc3)n2)cc1-c1nc(-c2ccccc2)nc(-c2ccccc2)n1. The molecule has 0 aliphatic heterocycles. The average Bonchev–Trinajstić information content (AvgIpc) is 3.64. The lowest BCUT2D eigenvalue weighted by Gasteiger charge is -2.17. The molecule has 0 bridgehead atoms. The van der Waals surface area contributed by atoms with E-state index >= 15 is 0 Å². The highest BCUT2D eigenvalue weighted by Crippen LogP contribution is 2.39. The van der Waals surface area contributed by atoms with E-state index in [1.807, 2.05) is 164 Å². The molecular formula is C51H30N8. The molecule has 0 aliphatic carbocycles. The Kier molecular flexibility index (Phi) is 8.76. The fourth-order valence-corrected chi connectivity index (χ4v) is 7.49. The third-order valence-corrected chi connectivity index (χ3v) is 10.3. The minimum absolute atomic E-state index is 0.465. The molecule has 0 saturated carbocycles. The Balaban J connectivity index is 1.28. The topological polar surface area (TPSA) is 117 Å². The van der Waals surface area contributed by atoms with Crippen molar-refractivity contribution in [3.8, 4) is 85.9 Å². The van der Waals surface area contributed by atoms with Gasteiger partial charge in [-0.1, -0.05) is 127 Å². The standard InChI is InChI=1S/C51H30N8/c52-31-33-21-24-45-40(27-33)41-28-34(32-53)22-25-46(41)59(45)47-26-23-39(44-30-43(35-13-5-1-6-14-35)54-48(55-44)36-15-7-2-8-16-36)29-42(47)51-57-49(37-17-9-3-10-18-37)56-50(58-51)38-19-11-4-12-20-38/h1-30H. The first-order chi connectivity index (χ1) is 29.1. The average molecular weight is 755 g/mol. The number of fused-ring (bicyclic) bond motifs is 3. The van der Waals surface area contributed by atoms with Crippen LogP contribution in [0, 0.1) is 22.7 Å². The maximum atomic E-state index is 9.91. The maximum absolute atomic E-state index is 9.91. The van der Waals surface area contributed by atoms with Crippen LogP contribution in [0.25, 0.3) is 95.6 Å². The summed E-state index contributed by atoms with van der Waals surface area (Å²) in [5, 5.41) is 21.5. The van der Waals surface area contributed by atoms with Crippen LogP contribution in [0.4, 0.5) is 0 Å². The predicted molar refractivity (Wildman–Crippen MR) is 232 cm³/mol. The van der Waals surface area contributed by atoms with Gasteiger partial charge < -0.3 is 4.57 Å². The van der Waals surface area contributed by atoms with Gasteiger partial charge in [0.1, 0.15) is 0 Å². The molecule has 0 N–H and O–H groups in total. The van der Waals surface area contributed by atoms with Crippen LogP contribution in [0.2, 0.25) is 0 Å². The number of nitrogens with zero attached hydrogens (tertiary/aromatic N) is 8. The predicted octanol–water partition coefficient (Wildman–Crippen LogP) is 11.5. The zero-order valence-corrected chi connectivity index (χ0v) is 31.4. The molecule has 8 nitrogen and oxygen atoms in total. The molecule has 274 valence electrons. The minimum Gasteiger partial charge on any atom is -0.308 e. The van der Waals surface area contributed by atoms with Crippen molar-refractivity contribution in [1.29, 1.82) is 10.5 Å². The number of aromatic nitrogens is 6. The monoisotopic (exact) mass is 754 g/mol. The van der Waals surface area contributed by atoms with Crippen LogP contribution < -0.4 is 0 Å². The van der Waals surface area contributed by atoms with E-state index in [9.17, 15) is 10.5 Å². The molecule has 3 heterocycles. The van der Waals surface area contributed by atoms with E-state index in [1.165, 1.54) is 0 Å². The smallest absolute Gasteiger partial charge is 0.166 e. The second-order valence-corrected chi connectivity index (χ2v) is 14.0. The Morgan fingerprint density at radius 3 is 1.25 bits per heavy atom. The lowest BCUT2D eigenvalue weighted by Crippen LogP contribution is -2.04. The van der Waals surface area contributed by atoms with Gasteiger partial charge in [-0.25, -0.2) is 24.9 Å². The van der Waals surface area contributed by atoms with E-state index in [-0.39, 0.29) is 0 Å². The molecule has 0 fully saturated rings. The van der Waals surface area contributed by atoms with Crippen molar-refractivity contribution in [2.75, 3.05) is 0 Å². The highest BCUT2D eigenvalue weighted by Gasteiger charge is 2.22. The fourth-order valence-electron chi connectivity index (χ4n) is 7.49. The summed E-state index contributed by atoms with van der Waals surface area (Å²) < 4.78 is 2.16. The van der Waals surface area contributed by atoms with Crippen molar-refractivity contribution in [2.45, 2.75) is 0 Å². The molecule has 0 unspecified atom stereocenters. The summed E-state index contributed by atoms with van der Waals surface area (Å²) in [6.45, 7) is 0. The second kappa shape index (κ2) is 14.8. The van der Waals surface area contributed by atoms with E-state index in [4.69, 9.17) is 24.9 Å². The molecule has 10 rings (SSSR count). The van der Waals surface area contributed by atoms with Gasteiger partial charge in [0.25, 0.3) is 0 Å². The molecule has 7 aromatic carbocycles. The second-order valence-electron chi connectivity index (χ2n) is 14.0. The van der Waals surface area contributed by atoms with Crippen molar-refractivity contribution in [3.05, 3.63) is 193 Å². The van der Waals surface area contributed by atoms with Crippen LogP contribution in [0.3, 0.4) is 0 Å². The van der Waals surface area contributed by atoms with Gasteiger partial charge in [0.2, 0.25) is 0 Å². The molecule has 0 radical (unpaired) electrons. The molecular weight excluding hydrogens is 725 g/mol. The minimum atomic E-state index is 0.465. The van der Waals surface area contributed by atoms with Crippen LogP contribution in [-0.2, 0) is 0 Å². The van der Waals surface area contributed by atoms with E-state index in [1.54, 1.807) is 0 Å². The van der Waals surface area contributed by atoms with Gasteiger partial charge in [-0.2, -0.15) is 10.5 Å². The maximum Gasteiger partial charge on any atom is 0.166 e. The largest absolute Gasteiger partial charge is 0.308 e. The van der Waals surface area contributed by atoms with E-state index < -0.39 is 0 Å². The quantitative estimate of drug-likeness (QED) is 0.159. The molecule has 10 aromatic rings. The molecule has 8 heteroatoms. The third kappa shape index (κ3) is 6.53. The van der Waals surface area contributed by atoms with Gasteiger partial charge >= 0.3 is 0 Å². The molecule has 0 aliphatic rings. The van der Waals surface area contributed by atoms with Crippen molar-refractivity contribution in [3.63, 3.8) is 0 Å². The van der Waals surface area contributed by atoms with Crippen LogP contribution in [0.5, 0.6) is 0 Å². The fraction of sp³-hybridized carbons (Fsp3) is 0. The Hall–Kier alpha value is -8.59. The first kappa shape index (κ1) is 34.9. The summed E-state index contributed by atoms with van der Waals surface area (Å²) in [4.78, 5) is 25.6. The molecule has 0 spiro atoms. The lowest BCUT2D eigenvalue weighted by atomic mass is 10.0. The lowest BCUT2D eigenvalue weighted by molar-refractivity contribution is 1.06. The number of hydrogen-bond acceptors (Lipinski definition) is 7. The van der Waals surface area contributed by atoms with Crippen molar-refractivity contribution < 1.29 is 0 Å². The van der Waals surface area contributed by atoms with Gasteiger partial charge in [-0.05, 0) is 54.6 Å². The van der Waals surface area contributed by atoms with Crippen molar-refractivity contribution in [2.24, 2.45) is 0 Å². The highest BCUT2D eigenvalue weighted by molar-refractivity contribution is 6.10. The highest BCUT2D eigenvalue weighted by atomic mass is 15.1. The molecule has 0 amide bonds. The Bertz CT molecular complexity index is 3090. The van der Waals surface area contributed by atoms with Crippen molar-refractivity contribution >= 4 is 21.8 Å². The number of benzene rings is 7. The molecule has 0 saturated heterocycles. The Labute approximate surface area is 339 Å². The van der Waals surface area contributed by atoms with Crippen LogP contribution in [-0.4, -0.2) is 29.5 Å². The Morgan fingerprint density at radius 2 is 0.780 bits per heavy atom. The number of nitriles is 2. The van der Waals surface area contributed by atoms with Crippen LogP contribution in [0.15, 0.2) is 182 Å². The summed E-state index contributed by atoms with van der Waals surface area (Å²) in [5.41, 5.74) is 10.3. The summed E-state index contributed by atoms with van der Waals surface area (Å²) in [6.07, 6.45) is 0. The summed E-state index contributed by atoms with van der Waals surface area (Å²) >= 11 is 0. The van der Waals surface area contributed by atoms with E-state index in [0.717, 1.165) is 72.3 Å². The molecule has 3 aromatic heterocycles. The summed E-state index contributed by atoms with van der Waals surface area (Å²) in [6, 6.07) is 64.0. The molecule has 0 atom stereocenters. The Morgan fingerprint density at radius 1 is 0.356 bits per heavy atom. The first-order valence-corrected chi connectivity index (χ1v) is 19.0. The van der Waals surface area contributed by atoms with Crippen LogP contribution in [0.1, 0.15) is 11.1 Å². The van der Waals surface area contributed by atoms with Gasteiger partial charge in [0, 0.05) is 44.2 Å². The zero-order chi connectivity index (χ0) is 39.7. The van der Waals surface area contributed by atoms with E-state index in [0.29, 0.717) is 34.4 Å². The summed E-state index contributed by atoms with van der Waals surface area (Å²) in [5.74, 6) is 2.14. The number of rotatable bonds is 7. The van der Waals surface area contributed by atoms with E-state index in [2.05, 4.69) is 34.9 Å². The number of hydrogen-bond donors (Lipinski definition) is 0. The van der Waals surface area contributed by atoms with Crippen molar-refractivity contribution in [1.82, 2.24) is 29.5 Å². The van der Waals surface area contributed by atoms with Gasteiger partial charge in [-0.3, -0.25) is 0 Å².